The second-order valence-electron chi connectivity index (χ2n) is 10.6. The highest BCUT2D eigenvalue weighted by Gasteiger charge is 2.34. The quantitative estimate of drug-likeness (QED) is 0.510. The zero-order valence-electron chi connectivity index (χ0n) is 22.6. The summed E-state index contributed by atoms with van der Waals surface area (Å²) in [6.07, 6.45) is 1.95. The lowest BCUT2D eigenvalue weighted by atomic mass is 9.86. The Morgan fingerprint density at radius 1 is 1.10 bits per heavy atom. The first kappa shape index (κ1) is 31.8. The number of likely N-dealkylation sites (tertiary alicyclic amines) is 1. The summed E-state index contributed by atoms with van der Waals surface area (Å²) in [5.41, 5.74) is 1.48. The molecule has 1 aromatic carbocycles. The summed E-state index contributed by atoms with van der Waals surface area (Å²) in [4.78, 5) is 13.2. The Morgan fingerprint density at radius 2 is 1.58 bits per heavy atom. The number of nitrogens with one attached hydrogen (secondary N) is 1. The van der Waals surface area contributed by atoms with E-state index < -0.39 is 5.67 Å². The van der Waals surface area contributed by atoms with Gasteiger partial charge >= 0.3 is 0 Å². The number of carbonyl (C=O) groups excluding carboxylic acids is 1. The molecule has 1 saturated heterocycles. The standard InChI is InChI=1S/C12H17NO.C10H20FN.C3H8.C2H6/c1-9(14)13-11-8-6-5-7-10(11)12(2,3)4;1-9(2,3)7-12-6-5-10(4,11)8-12;1-3-2;1-2/h5-8H,1-4H3,(H,13,14);5-8H2,1-4H3;3H2,1-2H3;1-2H3. The van der Waals surface area contributed by atoms with Gasteiger partial charge in [-0.25, -0.2) is 4.39 Å². The molecule has 1 aliphatic rings. The van der Waals surface area contributed by atoms with E-state index in [1.54, 1.807) is 6.92 Å². The third-order valence-electron chi connectivity index (χ3n) is 4.25. The third kappa shape index (κ3) is 15.9. The maximum atomic E-state index is 13.4. The van der Waals surface area contributed by atoms with Crippen molar-refractivity contribution in [2.45, 2.75) is 107 Å². The van der Waals surface area contributed by atoms with E-state index in [1.165, 1.54) is 13.3 Å². The molecule has 0 aromatic heterocycles. The summed E-state index contributed by atoms with van der Waals surface area (Å²) in [6.45, 7) is 27.0. The minimum absolute atomic E-state index is 0.0262. The molecular formula is C27H51FN2O. The van der Waals surface area contributed by atoms with E-state index in [2.05, 4.69) is 65.6 Å². The van der Waals surface area contributed by atoms with Gasteiger partial charge in [-0.05, 0) is 35.8 Å². The van der Waals surface area contributed by atoms with Gasteiger partial charge in [0.1, 0.15) is 5.67 Å². The predicted molar refractivity (Wildman–Crippen MR) is 137 cm³/mol. The molecule has 1 atom stereocenters. The molecule has 1 fully saturated rings. The molecule has 4 heteroatoms. The third-order valence-corrected chi connectivity index (χ3v) is 4.25. The number of benzene rings is 1. The molecule has 2 rings (SSSR count). The van der Waals surface area contributed by atoms with Crippen molar-refractivity contribution in [2.75, 3.05) is 25.0 Å². The molecule has 1 aromatic rings. The van der Waals surface area contributed by atoms with E-state index >= 15 is 0 Å². The molecule has 31 heavy (non-hydrogen) atoms. The van der Waals surface area contributed by atoms with E-state index in [0.29, 0.717) is 18.4 Å². The summed E-state index contributed by atoms with van der Waals surface area (Å²) in [6, 6.07) is 7.90. The average Bonchev–Trinajstić information content (AvgIpc) is 2.93. The van der Waals surface area contributed by atoms with E-state index in [9.17, 15) is 9.18 Å². The molecule has 182 valence electrons. The number of hydrogen-bond acceptors (Lipinski definition) is 2. The average molecular weight is 439 g/mol. The Kier molecular flexibility index (Phi) is 15.0. The maximum Gasteiger partial charge on any atom is 0.221 e. The Labute approximate surface area is 193 Å². The topological polar surface area (TPSA) is 32.3 Å². The number of rotatable bonds is 2. The Hall–Kier alpha value is -1.42. The minimum Gasteiger partial charge on any atom is -0.326 e. The first-order valence-electron chi connectivity index (χ1n) is 11.9. The Bertz CT molecular complexity index is 612. The second-order valence-corrected chi connectivity index (χ2v) is 10.6. The van der Waals surface area contributed by atoms with Crippen LogP contribution < -0.4 is 5.32 Å². The first-order chi connectivity index (χ1) is 14.1. The van der Waals surface area contributed by atoms with Crippen molar-refractivity contribution in [3.8, 4) is 0 Å². The van der Waals surface area contributed by atoms with Gasteiger partial charge in [0, 0.05) is 32.2 Å². The van der Waals surface area contributed by atoms with E-state index in [1.807, 2.05) is 38.1 Å². The van der Waals surface area contributed by atoms with Gasteiger partial charge in [0.05, 0.1) is 0 Å². The first-order valence-corrected chi connectivity index (χ1v) is 11.9. The molecular weight excluding hydrogens is 387 g/mol. The van der Waals surface area contributed by atoms with Crippen molar-refractivity contribution in [1.29, 1.82) is 0 Å². The second kappa shape index (κ2) is 14.6. The Balaban J connectivity index is 0. The van der Waals surface area contributed by atoms with Gasteiger partial charge < -0.3 is 5.32 Å². The summed E-state index contributed by atoms with van der Waals surface area (Å²) in [7, 11) is 0. The van der Waals surface area contributed by atoms with E-state index in [4.69, 9.17) is 0 Å². The molecule has 0 spiro atoms. The van der Waals surface area contributed by atoms with E-state index in [0.717, 1.165) is 24.3 Å². The van der Waals surface area contributed by atoms with Gasteiger partial charge in [-0.2, -0.15) is 0 Å². The molecule has 1 unspecified atom stereocenters. The van der Waals surface area contributed by atoms with Crippen molar-refractivity contribution in [3.63, 3.8) is 0 Å². The van der Waals surface area contributed by atoms with Crippen LogP contribution in [0.15, 0.2) is 24.3 Å². The number of para-hydroxylation sites is 1. The van der Waals surface area contributed by atoms with Gasteiger partial charge in [0.2, 0.25) is 5.91 Å². The van der Waals surface area contributed by atoms with Crippen LogP contribution in [-0.4, -0.2) is 36.1 Å². The zero-order valence-corrected chi connectivity index (χ0v) is 22.6. The van der Waals surface area contributed by atoms with Crippen LogP contribution >= 0.6 is 0 Å². The zero-order chi connectivity index (χ0) is 24.9. The normalized spacial score (nSPS) is 18.5. The molecule has 0 bridgehead atoms. The number of carbonyl (C=O) groups is 1. The van der Waals surface area contributed by atoms with Crippen LogP contribution in [0.5, 0.6) is 0 Å². The SMILES string of the molecule is CC.CC(=O)Nc1ccccc1C(C)(C)C.CC(C)(C)CN1CCC(C)(F)C1.CCC. The van der Waals surface area contributed by atoms with Crippen molar-refractivity contribution >= 4 is 11.6 Å². The molecule has 1 amide bonds. The lowest BCUT2D eigenvalue weighted by molar-refractivity contribution is -0.114. The smallest absolute Gasteiger partial charge is 0.221 e. The van der Waals surface area contributed by atoms with Crippen LogP contribution in [0.3, 0.4) is 0 Å². The highest BCUT2D eigenvalue weighted by molar-refractivity contribution is 5.89. The highest BCUT2D eigenvalue weighted by Crippen LogP contribution is 2.29. The van der Waals surface area contributed by atoms with Crippen LogP contribution in [0, 0.1) is 5.41 Å². The molecule has 0 aliphatic carbocycles. The predicted octanol–water partition coefficient (Wildman–Crippen LogP) is 7.85. The minimum atomic E-state index is -0.939. The lowest BCUT2D eigenvalue weighted by Crippen LogP contribution is -2.33. The van der Waals surface area contributed by atoms with Crippen molar-refractivity contribution in [1.82, 2.24) is 4.90 Å². The monoisotopic (exact) mass is 438 g/mol. The fourth-order valence-electron chi connectivity index (χ4n) is 3.26. The summed E-state index contributed by atoms with van der Waals surface area (Å²) in [5, 5.41) is 2.84. The molecule has 0 saturated carbocycles. The fraction of sp³-hybridized carbons (Fsp3) is 0.741. The summed E-state index contributed by atoms with van der Waals surface area (Å²) >= 11 is 0. The van der Waals surface area contributed by atoms with Crippen molar-refractivity contribution in [3.05, 3.63) is 29.8 Å². The van der Waals surface area contributed by atoms with Crippen LogP contribution in [0.4, 0.5) is 10.1 Å². The molecule has 1 heterocycles. The number of nitrogens with zero attached hydrogens (tertiary/aromatic N) is 1. The van der Waals surface area contributed by atoms with Gasteiger partial charge in [-0.15, -0.1) is 0 Å². The van der Waals surface area contributed by atoms with Crippen LogP contribution in [0.1, 0.15) is 101 Å². The maximum absolute atomic E-state index is 13.4. The van der Waals surface area contributed by atoms with Crippen LogP contribution in [0.2, 0.25) is 0 Å². The van der Waals surface area contributed by atoms with Gasteiger partial charge in [0.15, 0.2) is 0 Å². The molecule has 1 N–H and O–H groups in total. The molecule has 1 aliphatic heterocycles. The number of hydrogen-bond donors (Lipinski definition) is 1. The van der Waals surface area contributed by atoms with Gasteiger partial charge in [-0.3, -0.25) is 9.69 Å². The largest absolute Gasteiger partial charge is 0.326 e. The van der Waals surface area contributed by atoms with Crippen molar-refractivity contribution in [2.24, 2.45) is 5.41 Å². The Morgan fingerprint density at radius 3 is 1.94 bits per heavy atom. The molecule has 0 radical (unpaired) electrons. The fourth-order valence-corrected chi connectivity index (χ4v) is 3.26. The van der Waals surface area contributed by atoms with Gasteiger partial charge in [-0.1, -0.05) is 93.9 Å². The number of halogens is 1. The van der Waals surface area contributed by atoms with Gasteiger partial charge in [0.25, 0.3) is 0 Å². The highest BCUT2D eigenvalue weighted by atomic mass is 19.1. The number of amides is 1. The van der Waals surface area contributed by atoms with E-state index in [-0.39, 0.29) is 11.3 Å². The molecule has 3 nitrogen and oxygen atoms in total. The van der Waals surface area contributed by atoms with Crippen LogP contribution in [0.25, 0.3) is 0 Å². The van der Waals surface area contributed by atoms with Crippen molar-refractivity contribution < 1.29 is 9.18 Å². The number of anilines is 1. The summed E-state index contributed by atoms with van der Waals surface area (Å²) in [5.74, 6) is -0.0262. The number of alkyl halides is 1. The lowest BCUT2D eigenvalue weighted by Gasteiger charge is -2.26. The van der Waals surface area contributed by atoms with Crippen LogP contribution in [-0.2, 0) is 10.2 Å². The summed E-state index contributed by atoms with van der Waals surface area (Å²) < 4.78 is 13.4.